The molecule has 2 aromatic rings. The van der Waals surface area contributed by atoms with E-state index in [4.69, 9.17) is 10.1 Å². The van der Waals surface area contributed by atoms with Gasteiger partial charge in [0.05, 0.1) is 11.7 Å². The molecule has 2 atom stereocenters. The second kappa shape index (κ2) is 8.97. The number of carbonyl (C=O) groups is 2. The van der Waals surface area contributed by atoms with Gasteiger partial charge in [0.1, 0.15) is 0 Å². The smallest absolute Gasteiger partial charge is 0.225 e. The first-order chi connectivity index (χ1) is 14.9. The number of likely N-dealkylation sites (tertiary alicyclic amines) is 2. The summed E-state index contributed by atoms with van der Waals surface area (Å²) in [5.74, 6) is 0.506. The van der Waals surface area contributed by atoms with Crippen molar-refractivity contribution >= 4 is 17.5 Å². The van der Waals surface area contributed by atoms with Crippen LogP contribution in [0.3, 0.4) is 0 Å². The van der Waals surface area contributed by atoms with Crippen molar-refractivity contribution in [1.82, 2.24) is 24.4 Å². The molecule has 0 N–H and O–H groups in total. The van der Waals surface area contributed by atoms with Crippen LogP contribution < -0.4 is 0 Å². The Labute approximate surface area is 184 Å². The molecule has 2 aliphatic rings. The van der Waals surface area contributed by atoms with Crippen molar-refractivity contribution < 1.29 is 9.59 Å². The van der Waals surface area contributed by atoms with Crippen LogP contribution >= 0.6 is 0 Å². The van der Waals surface area contributed by atoms with E-state index in [0.717, 1.165) is 80.0 Å². The van der Waals surface area contributed by atoms with Crippen LogP contribution in [0.15, 0.2) is 6.07 Å². The molecule has 2 aromatic heterocycles. The Kier molecular flexibility index (Phi) is 6.30. The van der Waals surface area contributed by atoms with E-state index in [9.17, 15) is 9.59 Å². The highest BCUT2D eigenvalue weighted by atomic mass is 16.2. The first kappa shape index (κ1) is 21.8. The molecule has 2 saturated heterocycles. The van der Waals surface area contributed by atoms with Crippen LogP contribution in [0, 0.1) is 19.8 Å². The van der Waals surface area contributed by atoms with Gasteiger partial charge in [-0.2, -0.15) is 5.10 Å². The lowest BCUT2D eigenvalue weighted by atomic mass is 10.1. The minimum atomic E-state index is 0.0306. The highest BCUT2D eigenvalue weighted by Crippen LogP contribution is 2.33. The van der Waals surface area contributed by atoms with Gasteiger partial charge < -0.3 is 9.80 Å². The molecular weight excluding hydrogens is 390 g/mol. The number of rotatable bonds is 6. The third kappa shape index (κ3) is 4.19. The molecule has 4 heterocycles. The molecule has 0 bridgehead atoms. The van der Waals surface area contributed by atoms with E-state index in [-0.39, 0.29) is 23.8 Å². The van der Waals surface area contributed by atoms with Gasteiger partial charge in [0, 0.05) is 49.4 Å². The minimum Gasteiger partial charge on any atom is -0.343 e. The number of nitrogens with zero attached hydrogens (tertiary/aromatic N) is 5. The number of hydrogen-bond acceptors (Lipinski definition) is 4. The quantitative estimate of drug-likeness (QED) is 0.709. The van der Waals surface area contributed by atoms with Gasteiger partial charge in [-0.15, -0.1) is 0 Å². The summed E-state index contributed by atoms with van der Waals surface area (Å²) in [7, 11) is 0. The standard InChI is InChI=1S/C24H35N5O2/c1-5-16(2)24(31)28-14-8-9-21(28)20-15-22-25-17(3)19(18(4)29(22)26-20)10-11-23(30)27-12-6-7-13-27/h15-16,21H,5-14H2,1-4H3/t16-,21-/m1/s1. The fraction of sp³-hybridized carbons (Fsp3) is 0.667. The van der Waals surface area contributed by atoms with Gasteiger partial charge in [0.15, 0.2) is 5.65 Å². The molecule has 2 amide bonds. The van der Waals surface area contributed by atoms with Crippen LogP contribution in [0.5, 0.6) is 0 Å². The Balaban J connectivity index is 1.57. The summed E-state index contributed by atoms with van der Waals surface area (Å²) in [6, 6.07) is 2.06. The Hall–Kier alpha value is -2.44. The first-order valence-corrected chi connectivity index (χ1v) is 11.8. The Morgan fingerprint density at radius 3 is 2.61 bits per heavy atom. The Morgan fingerprint density at radius 1 is 1.16 bits per heavy atom. The SMILES string of the molecule is CC[C@@H](C)C(=O)N1CCC[C@@H]1c1cc2nc(C)c(CCC(=O)N3CCCC3)c(C)n2n1. The maximum Gasteiger partial charge on any atom is 0.225 e. The number of aromatic nitrogens is 3. The zero-order valence-electron chi connectivity index (χ0n) is 19.4. The van der Waals surface area contributed by atoms with Crippen molar-refractivity contribution in [3.8, 4) is 0 Å². The summed E-state index contributed by atoms with van der Waals surface area (Å²) in [6.07, 6.45) is 6.25. The zero-order valence-corrected chi connectivity index (χ0v) is 19.4. The highest BCUT2D eigenvalue weighted by molar-refractivity contribution is 5.79. The molecule has 0 aliphatic carbocycles. The largest absolute Gasteiger partial charge is 0.343 e. The van der Waals surface area contributed by atoms with Crippen LogP contribution in [-0.2, 0) is 16.0 Å². The van der Waals surface area contributed by atoms with Crippen LogP contribution in [0.4, 0.5) is 0 Å². The monoisotopic (exact) mass is 425 g/mol. The second-order valence-corrected chi connectivity index (χ2v) is 9.19. The summed E-state index contributed by atoms with van der Waals surface area (Å²) < 4.78 is 1.90. The van der Waals surface area contributed by atoms with E-state index in [1.165, 1.54) is 0 Å². The van der Waals surface area contributed by atoms with Gasteiger partial charge in [0.2, 0.25) is 11.8 Å². The fourth-order valence-electron chi connectivity index (χ4n) is 5.02. The van der Waals surface area contributed by atoms with E-state index in [0.29, 0.717) is 12.8 Å². The van der Waals surface area contributed by atoms with Crippen LogP contribution in [0.1, 0.15) is 81.1 Å². The van der Waals surface area contributed by atoms with Gasteiger partial charge in [-0.1, -0.05) is 13.8 Å². The summed E-state index contributed by atoms with van der Waals surface area (Å²) in [4.78, 5) is 34.1. The third-order valence-corrected chi connectivity index (χ3v) is 7.14. The molecule has 0 aromatic carbocycles. The molecule has 31 heavy (non-hydrogen) atoms. The van der Waals surface area contributed by atoms with Gasteiger partial charge >= 0.3 is 0 Å². The summed E-state index contributed by atoms with van der Waals surface area (Å²) in [6.45, 7) is 10.7. The molecule has 168 valence electrons. The number of amides is 2. The Morgan fingerprint density at radius 2 is 1.90 bits per heavy atom. The predicted molar refractivity (Wildman–Crippen MR) is 120 cm³/mol. The van der Waals surface area contributed by atoms with Crippen molar-refractivity contribution in [3.63, 3.8) is 0 Å². The maximum atomic E-state index is 12.8. The molecule has 0 radical (unpaired) electrons. The van der Waals surface area contributed by atoms with Crippen LogP contribution in [0.25, 0.3) is 5.65 Å². The normalized spacial score (nSPS) is 20.1. The van der Waals surface area contributed by atoms with E-state index >= 15 is 0 Å². The lowest BCUT2D eigenvalue weighted by molar-refractivity contribution is -0.136. The van der Waals surface area contributed by atoms with E-state index in [1.807, 2.05) is 34.2 Å². The summed E-state index contributed by atoms with van der Waals surface area (Å²) >= 11 is 0. The molecule has 0 unspecified atom stereocenters. The van der Waals surface area contributed by atoms with Crippen LogP contribution in [-0.4, -0.2) is 55.8 Å². The lowest BCUT2D eigenvalue weighted by Crippen LogP contribution is -2.34. The third-order valence-electron chi connectivity index (χ3n) is 7.14. The first-order valence-electron chi connectivity index (χ1n) is 11.8. The molecular formula is C24H35N5O2. The highest BCUT2D eigenvalue weighted by Gasteiger charge is 2.33. The minimum absolute atomic E-state index is 0.0306. The Bertz CT molecular complexity index is 976. The van der Waals surface area contributed by atoms with Crippen molar-refractivity contribution in [2.45, 2.75) is 78.7 Å². The molecule has 7 heteroatoms. The fourth-order valence-corrected chi connectivity index (χ4v) is 5.02. The molecule has 7 nitrogen and oxygen atoms in total. The molecule has 0 spiro atoms. The average molecular weight is 426 g/mol. The zero-order chi connectivity index (χ0) is 22.1. The maximum absolute atomic E-state index is 12.8. The molecule has 2 aliphatic heterocycles. The number of fused-ring (bicyclic) bond motifs is 1. The van der Waals surface area contributed by atoms with Crippen molar-refractivity contribution in [3.05, 3.63) is 28.7 Å². The van der Waals surface area contributed by atoms with Crippen molar-refractivity contribution in [1.29, 1.82) is 0 Å². The van der Waals surface area contributed by atoms with Crippen LogP contribution in [0.2, 0.25) is 0 Å². The van der Waals surface area contributed by atoms with Gasteiger partial charge in [0.25, 0.3) is 0 Å². The van der Waals surface area contributed by atoms with E-state index < -0.39 is 0 Å². The predicted octanol–water partition coefficient (Wildman–Crippen LogP) is 3.61. The number of carbonyl (C=O) groups excluding carboxylic acids is 2. The number of hydrogen-bond donors (Lipinski definition) is 0. The van der Waals surface area contributed by atoms with Gasteiger partial charge in [-0.05, 0) is 57.9 Å². The van der Waals surface area contributed by atoms with Crippen molar-refractivity contribution in [2.24, 2.45) is 5.92 Å². The lowest BCUT2D eigenvalue weighted by Gasteiger charge is -2.26. The number of aryl methyl sites for hydroxylation is 2. The average Bonchev–Trinajstić information content (AvgIpc) is 3.52. The molecule has 0 saturated carbocycles. The van der Waals surface area contributed by atoms with Crippen molar-refractivity contribution in [2.75, 3.05) is 19.6 Å². The van der Waals surface area contributed by atoms with Gasteiger partial charge in [-0.25, -0.2) is 9.50 Å². The summed E-state index contributed by atoms with van der Waals surface area (Å²) in [5, 5.41) is 4.88. The van der Waals surface area contributed by atoms with E-state index in [1.54, 1.807) is 0 Å². The molecule has 2 fully saturated rings. The van der Waals surface area contributed by atoms with E-state index in [2.05, 4.69) is 13.8 Å². The topological polar surface area (TPSA) is 70.8 Å². The second-order valence-electron chi connectivity index (χ2n) is 9.19. The summed E-state index contributed by atoms with van der Waals surface area (Å²) in [5.41, 5.74) is 4.86. The molecule has 4 rings (SSSR count). The van der Waals surface area contributed by atoms with Gasteiger partial charge in [-0.3, -0.25) is 9.59 Å².